The van der Waals surface area contributed by atoms with E-state index in [1.807, 2.05) is 25.1 Å². The van der Waals surface area contributed by atoms with E-state index in [0.29, 0.717) is 38.7 Å². The van der Waals surface area contributed by atoms with Crippen LogP contribution in [0.25, 0.3) is 0 Å². The number of amides is 1. The predicted octanol–water partition coefficient (Wildman–Crippen LogP) is 5.68. The Morgan fingerprint density at radius 1 is 1.12 bits per heavy atom. The Balaban J connectivity index is 1.69. The molecule has 3 rings (SSSR count). The molecule has 1 N–H and O–H groups in total. The predicted molar refractivity (Wildman–Crippen MR) is 134 cm³/mol. The lowest BCUT2D eigenvalue weighted by molar-refractivity contribution is -0.385. The zero-order valence-corrected chi connectivity index (χ0v) is 20.5. The first-order chi connectivity index (χ1) is 16.4. The van der Waals surface area contributed by atoms with E-state index in [9.17, 15) is 14.9 Å². The van der Waals surface area contributed by atoms with Gasteiger partial charge in [0.1, 0.15) is 6.61 Å². The summed E-state index contributed by atoms with van der Waals surface area (Å²) in [6.45, 7) is 2.55. The molecule has 0 atom stereocenters. The van der Waals surface area contributed by atoms with Gasteiger partial charge in [0, 0.05) is 32.3 Å². The average Bonchev–Trinajstić information content (AvgIpc) is 2.81. The van der Waals surface area contributed by atoms with Crippen LogP contribution in [0, 0.1) is 10.1 Å². The number of nitro groups is 1. The van der Waals surface area contributed by atoms with Crippen LogP contribution in [0.3, 0.4) is 0 Å². The quantitative estimate of drug-likeness (QED) is 0.200. The van der Waals surface area contributed by atoms with Crippen LogP contribution in [0.5, 0.6) is 11.5 Å². The van der Waals surface area contributed by atoms with E-state index in [4.69, 9.17) is 21.1 Å². The molecule has 0 aromatic heterocycles. The normalized spacial score (nSPS) is 10.8. The summed E-state index contributed by atoms with van der Waals surface area (Å²) in [5, 5.41) is 15.7. The molecular formula is C24H21BrClN3O5. The third-order valence-electron chi connectivity index (χ3n) is 4.64. The smallest absolute Gasteiger partial charge is 0.273 e. The van der Waals surface area contributed by atoms with Crippen molar-refractivity contribution in [1.29, 1.82) is 0 Å². The Kier molecular flexibility index (Phi) is 9.00. The molecule has 0 bridgehead atoms. The lowest BCUT2D eigenvalue weighted by Gasteiger charge is -2.14. The Morgan fingerprint density at radius 2 is 1.79 bits per heavy atom. The number of hydrogen-bond acceptors (Lipinski definition) is 6. The fourth-order valence-electron chi connectivity index (χ4n) is 3.03. The van der Waals surface area contributed by atoms with Crippen molar-refractivity contribution in [1.82, 2.24) is 5.43 Å². The molecule has 176 valence electrons. The van der Waals surface area contributed by atoms with E-state index >= 15 is 0 Å². The highest BCUT2D eigenvalue weighted by Gasteiger charge is 2.15. The van der Waals surface area contributed by atoms with Gasteiger partial charge in [0.15, 0.2) is 11.5 Å². The minimum Gasteiger partial charge on any atom is -0.490 e. The number of rotatable bonds is 10. The van der Waals surface area contributed by atoms with Crippen molar-refractivity contribution >= 4 is 45.3 Å². The van der Waals surface area contributed by atoms with Crippen molar-refractivity contribution in [3.05, 3.63) is 97.0 Å². The van der Waals surface area contributed by atoms with Crippen molar-refractivity contribution in [2.75, 3.05) is 6.61 Å². The molecule has 0 aliphatic rings. The molecule has 0 aliphatic carbocycles. The number of nitrogens with one attached hydrogen (secondary N) is 1. The molecule has 10 heteroatoms. The molecule has 0 unspecified atom stereocenters. The molecule has 0 heterocycles. The third-order valence-corrected chi connectivity index (χ3v) is 5.69. The second-order valence-electron chi connectivity index (χ2n) is 6.99. The summed E-state index contributed by atoms with van der Waals surface area (Å²) in [7, 11) is 0. The maximum absolute atomic E-state index is 12.2. The number of carbonyl (C=O) groups is 1. The summed E-state index contributed by atoms with van der Waals surface area (Å²) in [6.07, 6.45) is 1.27. The highest BCUT2D eigenvalue weighted by atomic mass is 79.9. The van der Waals surface area contributed by atoms with Crippen LogP contribution in [0.15, 0.2) is 70.2 Å². The Labute approximate surface area is 209 Å². The number of ether oxygens (including phenoxy) is 2. The van der Waals surface area contributed by atoms with Crippen LogP contribution in [0.2, 0.25) is 5.02 Å². The first-order valence-electron chi connectivity index (χ1n) is 10.3. The number of benzene rings is 3. The molecular weight excluding hydrogens is 526 g/mol. The number of hydrazone groups is 1. The number of nitro benzene ring substituents is 1. The van der Waals surface area contributed by atoms with E-state index in [0.717, 1.165) is 5.56 Å². The van der Waals surface area contributed by atoms with E-state index in [1.165, 1.54) is 18.3 Å². The Bertz CT molecular complexity index is 1220. The van der Waals surface area contributed by atoms with Crippen LogP contribution < -0.4 is 14.9 Å². The zero-order chi connectivity index (χ0) is 24.5. The van der Waals surface area contributed by atoms with Gasteiger partial charge in [0.2, 0.25) is 5.91 Å². The number of halogens is 2. The number of hydrogen-bond donors (Lipinski definition) is 1. The minimum atomic E-state index is -0.520. The van der Waals surface area contributed by atoms with Crippen LogP contribution in [-0.4, -0.2) is 23.7 Å². The van der Waals surface area contributed by atoms with Crippen molar-refractivity contribution in [2.24, 2.45) is 5.10 Å². The van der Waals surface area contributed by atoms with Gasteiger partial charge in [-0.1, -0.05) is 48.0 Å². The molecule has 34 heavy (non-hydrogen) atoms. The molecule has 8 nitrogen and oxygen atoms in total. The van der Waals surface area contributed by atoms with Crippen molar-refractivity contribution < 1.29 is 19.2 Å². The highest BCUT2D eigenvalue weighted by molar-refractivity contribution is 9.10. The van der Waals surface area contributed by atoms with Gasteiger partial charge >= 0.3 is 0 Å². The van der Waals surface area contributed by atoms with Gasteiger partial charge < -0.3 is 9.47 Å². The third kappa shape index (κ3) is 6.79. The van der Waals surface area contributed by atoms with Gasteiger partial charge in [-0.3, -0.25) is 14.9 Å². The summed E-state index contributed by atoms with van der Waals surface area (Å²) in [5.74, 6) is 0.544. The molecule has 0 saturated heterocycles. The van der Waals surface area contributed by atoms with E-state index in [2.05, 4.69) is 26.5 Å². The Morgan fingerprint density at radius 3 is 2.50 bits per heavy atom. The zero-order valence-electron chi connectivity index (χ0n) is 18.2. The Hall–Kier alpha value is -3.43. The maximum atomic E-state index is 12.2. The monoisotopic (exact) mass is 545 g/mol. The minimum absolute atomic E-state index is 0.113. The van der Waals surface area contributed by atoms with Crippen LogP contribution >= 0.6 is 27.5 Å². The number of nitrogens with zero attached hydrogens (tertiary/aromatic N) is 2. The largest absolute Gasteiger partial charge is 0.490 e. The lowest BCUT2D eigenvalue weighted by atomic mass is 10.1. The van der Waals surface area contributed by atoms with E-state index in [-0.39, 0.29) is 18.7 Å². The summed E-state index contributed by atoms with van der Waals surface area (Å²) in [5.41, 5.74) is 4.07. The molecule has 0 fully saturated rings. The molecule has 3 aromatic rings. The standard InChI is InChI=1S/C24H21BrClN3O5/c1-2-33-22-11-18(19(25)13-23(22)34-15-17-8-3-5-9-20(17)26)14-27-28-24(30)12-16-7-4-6-10-21(16)29(31)32/h3-11,13-14H,2,12,15H2,1H3,(H,28,30)/b27-14+. The molecule has 3 aromatic carbocycles. The van der Waals surface area contributed by atoms with Crippen LogP contribution in [-0.2, 0) is 17.8 Å². The van der Waals surface area contributed by atoms with Crippen molar-refractivity contribution in [2.45, 2.75) is 20.0 Å². The van der Waals surface area contributed by atoms with Crippen LogP contribution in [0.1, 0.15) is 23.6 Å². The van der Waals surface area contributed by atoms with Crippen molar-refractivity contribution in [3.63, 3.8) is 0 Å². The number of carbonyl (C=O) groups excluding carboxylic acids is 1. The summed E-state index contributed by atoms with van der Waals surface area (Å²) in [6, 6.07) is 17.0. The van der Waals surface area contributed by atoms with Gasteiger partial charge in [-0.15, -0.1) is 0 Å². The van der Waals surface area contributed by atoms with Gasteiger partial charge in [-0.25, -0.2) is 5.43 Å². The topological polar surface area (TPSA) is 103 Å². The van der Waals surface area contributed by atoms with Gasteiger partial charge in [-0.2, -0.15) is 5.10 Å². The van der Waals surface area contributed by atoms with Crippen molar-refractivity contribution in [3.8, 4) is 11.5 Å². The number of para-hydroxylation sites is 1. The van der Waals surface area contributed by atoms with Gasteiger partial charge in [0.25, 0.3) is 5.69 Å². The second-order valence-corrected chi connectivity index (χ2v) is 8.25. The first kappa shape index (κ1) is 25.2. The lowest BCUT2D eigenvalue weighted by Crippen LogP contribution is -2.20. The highest BCUT2D eigenvalue weighted by Crippen LogP contribution is 2.34. The summed E-state index contributed by atoms with van der Waals surface area (Å²) < 4.78 is 12.3. The van der Waals surface area contributed by atoms with E-state index in [1.54, 1.807) is 30.3 Å². The SMILES string of the molecule is CCOc1cc(/C=N/NC(=O)Cc2ccccc2[N+](=O)[O-])c(Br)cc1OCc1ccccc1Cl. The van der Waals surface area contributed by atoms with Crippen LogP contribution in [0.4, 0.5) is 5.69 Å². The van der Waals surface area contributed by atoms with Gasteiger partial charge in [-0.05, 0) is 41.1 Å². The molecule has 0 saturated carbocycles. The molecule has 0 aliphatic heterocycles. The summed E-state index contributed by atoms with van der Waals surface area (Å²) in [4.78, 5) is 22.8. The molecule has 0 radical (unpaired) electrons. The van der Waals surface area contributed by atoms with E-state index < -0.39 is 10.8 Å². The van der Waals surface area contributed by atoms with Gasteiger partial charge in [0.05, 0.1) is 24.2 Å². The first-order valence-corrected chi connectivity index (χ1v) is 11.4. The molecule has 1 amide bonds. The fraction of sp³-hybridized carbons (Fsp3) is 0.167. The molecule has 0 spiro atoms. The maximum Gasteiger partial charge on any atom is 0.273 e. The fourth-order valence-corrected chi connectivity index (χ4v) is 3.64. The second kappa shape index (κ2) is 12.2. The average molecular weight is 547 g/mol. The summed E-state index contributed by atoms with van der Waals surface area (Å²) >= 11 is 9.68.